The number of methoxy groups -OCH3 is 1. The van der Waals surface area contributed by atoms with Gasteiger partial charge in [0.2, 0.25) is 0 Å². The highest BCUT2D eigenvalue weighted by atomic mass is 16.6. The number of hydrogen-bond acceptors (Lipinski definition) is 4. The van der Waals surface area contributed by atoms with Crippen LogP contribution in [0.1, 0.15) is 26.7 Å². The Morgan fingerprint density at radius 2 is 1.93 bits per heavy atom. The van der Waals surface area contributed by atoms with Gasteiger partial charge in [-0.1, -0.05) is 0 Å². The average Bonchev–Trinajstić information content (AvgIpc) is 3.06. The van der Waals surface area contributed by atoms with Gasteiger partial charge in [0.15, 0.2) is 0 Å². The molecule has 0 saturated carbocycles. The molecule has 3 atom stereocenters. The molecule has 3 unspecified atom stereocenters. The summed E-state index contributed by atoms with van der Waals surface area (Å²) in [6.07, 6.45) is 2.53. The van der Waals surface area contributed by atoms with Gasteiger partial charge in [0, 0.05) is 20.1 Å². The predicted octanol–water partition coefficient (Wildman–Crippen LogP) is 0.968. The maximum absolute atomic E-state index is 8.75. The van der Waals surface area contributed by atoms with Crippen molar-refractivity contribution in [2.24, 2.45) is 0 Å². The van der Waals surface area contributed by atoms with E-state index >= 15 is 0 Å². The summed E-state index contributed by atoms with van der Waals surface area (Å²) >= 11 is 0. The molecule has 0 spiro atoms. The van der Waals surface area contributed by atoms with Crippen LogP contribution in [0, 0.1) is 0 Å². The van der Waals surface area contributed by atoms with E-state index in [-0.39, 0.29) is 12.2 Å². The summed E-state index contributed by atoms with van der Waals surface area (Å²) < 4.78 is 15.1. The van der Waals surface area contributed by atoms with Crippen molar-refractivity contribution in [2.45, 2.75) is 44.5 Å². The molecule has 0 aromatic rings. The molecular weight excluding hydrogens is 196 g/mol. The lowest BCUT2D eigenvalue weighted by molar-refractivity contribution is -0.0240. The molecule has 2 aliphatic heterocycles. The first kappa shape index (κ1) is 12.9. The minimum absolute atomic E-state index is 0.178. The number of aliphatic hydroxyl groups is 1. The second-order valence-electron chi connectivity index (χ2n) is 4.43. The zero-order chi connectivity index (χ0) is 11.3. The molecule has 2 rings (SSSR count). The molecule has 0 amide bonds. The van der Waals surface area contributed by atoms with Crippen LogP contribution in [0.5, 0.6) is 0 Å². The lowest BCUT2D eigenvalue weighted by Gasteiger charge is -2.26. The van der Waals surface area contributed by atoms with E-state index in [1.165, 1.54) is 0 Å². The highest BCUT2D eigenvalue weighted by molar-refractivity contribution is 4.83. The Hall–Kier alpha value is -0.160. The van der Waals surface area contributed by atoms with E-state index in [9.17, 15) is 0 Å². The van der Waals surface area contributed by atoms with E-state index in [4.69, 9.17) is 19.3 Å². The summed E-state index contributed by atoms with van der Waals surface area (Å²) in [7, 11) is 1.68. The average molecular weight is 218 g/mol. The van der Waals surface area contributed by atoms with Crippen molar-refractivity contribution in [1.82, 2.24) is 0 Å². The summed E-state index contributed by atoms with van der Waals surface area (Å²) in [5, 5.41) is 8.75. The molecule has 0 aromatic carbocycles. The van der Waals surface area contributed by atoms with Gasteiger partial charge in [-0.05, 0) is 20.3 Å². The quantitative estimate of drug-likeness (QED) is 0.699. The zero-order valence-electron chi connectivity index (χ0n) is 9.86. The maximum Gasteiger partial charge on any atom is 0.0837 e. The van der Waals surface area contributed by atoms with Crippen molar-refractivity contribution in [2.75, 3.05) is 26.9 Å². The third-order valence-electron chi connectivity index (χ3n) is 2.70. The minimum Gasteiger partial charge on any atom is -0.396 e. The molecule has 0 radical (unpaired) electrons. The molecule has 0 aromatic heterocycles. The summed E-state index contributed by atoms with van der Waals surface area (Å²) in [4.78, 5) is 0. The first-order chi connectivity index (χ1) is 7.09. The molecule has 15 heavy (non-hydrogen) atoms. The highest BCUT2D eigenvalue weighted by Gasteiger charge is 2.33. The van der Waals surface area contributed by atoms with Crippen LogP contribution in [0.3, 0.4) is 0 Å². The summed E-state index contributed by atoms with van der Waals surface area (Å²) in [5.41, 5.74) is -0.198. The first-order valence-corrected chi connectivity index (χ1v) is 5.49. The number of epoxide rings is 2. The van der Waals surface area contributed by atoms with Gasteiger partial charge in [-0.25, -0.2) is 0 Å². The van der Waals surface area contributed by atoms with Crippen molar-refractivity contribution in [1.29, 1.82) is 0 Å². The van der Waals surface area contributed by atoms with Crippen molar-refractivity contribution < 1.29 is 19.3 Å². The fourth-order valence-electron chi connectivity index (χ4n) is 1.29. The van der Waals surface area contributed by atoms with E-state index in [0.29, 0.717) is 18.6 Å². The highest BCUT2D eigenvalue weighted by Crippen LogP contribution is 2.27. The van der Waals surface area contributed by atoms with Crippen molar-refractivity contribution in [3.63, 3.8) is 0 Å². The van der Waals surface area contributed by atoms with E-state index < -0.39 is 0 Å². The molecule has 2 heterocycles. The van der Waals surface area contributed by atoms with Crippen LogP contribution >= 0.6 is 0 Å². The van der Waals surface area contributed by atoms with Crippen LogP contribution in [-0.2, 0) is 14.2 Å². The van der Waals surface area contributed by atoms with Crippen LogP contribution in [0.25, 0.3) is 0 Å². The monoisotopic (exact) mass is 218 g/mol. The van der Waals surface area contributed by atoms with Gasteiger partial charge in [0.05, 0.1) is 31.0 Å². The molecule has 4 heteroatoms. The van der Waals surface area contributed by atoms with Gasteiger partial charge >= 0.3 is 0 Å². The van der Waals surface area contributed by atoms with Gasteiger partial charge in [-0.2, -0.15) is 0 Å². The van der Waals surface area contributed by atoms with Crippen molar-refractivity contribution in [3.05, 3.63) is 0 Å². The van der Waals surface area contributed by atoms with Crippen molar-refractivity contribution in [3.8, 4) is 0 Å². The van der Waals surface area contributed by atoms with Gasteiger partial charge in [0.1, 0.15) is 0 Å². The van der Waals surface area contributed by atoms with Crippen LogP contribution < -0.4 is 0 Å². The van der Waals surface area contributed by atoms with Crippen LogP contribution in [-0.4, -0.2) is 49.8 Å². The van der Waals surface area contributed by atoms with Crippen LogP contribution in [0.4, 0.5) is 0 Å². The minimum atomic E-state index is -0.198. The van der Waals surface area contributed by atoms with E-state index in [0.717, 1.165) is 19.6 Å². The largest absolute Gasteiger partial charge is 0.396 e. The summed E-state index contributed by atoms with van der Waals surface area (Å²) in [6, 6.07) is 0. The Balaban J connectivity index is 0.000000234. The second kappa shape index (κ2) is 5.80. The molecule has 0 bridgehead atoms. The first-order valence-electron chi connectivity index (χ1n) is 5.49. The van der Waals surface area contributed by atoms with Gasteiger partial charge < -0.3 is 19.3 Å². The van der Waals surface area contributed by atoms with E-state index in [1.807, 2.05) is 6.92 Å². The maximum atomic E-state index is 8.75. The Kier molecular flexibility index (Phi) is 4.99. The molecule has 2 saturated heterocycles. The molecule has 0 aliphatic carbocycles. The van der Waals surface area contributed by atoms with Gasteiger partial charge in [0.25, 0.3) is 0 Å². The number of rotatable bonds is 5. The van der Waals surface area contributed by atoms with Crippen LogP contribution in [0.15, 0.2) is 0 Å². The van der Waals surface area contributed by atoms with Gasteiger partial charge in [-0.15, -0.1) is 0 Å². The van der Waals surface area contributed by atoms with Crippen LogP contribution in [0.2, 0.25) is 0 Å². The molecule has 4 nitrogen and oxygen atoms in total. The normalized spacial score (nSPS) is 31.2. The molecule has 2 fully saturated rings. The third kappa shape index (κ3) is 6.10. The number of hydrogen-bond donors (Lipinski definition) is 1. The number of ether oxygens (including phenoxy) is 3. The Bertz CT molecular complexity index is 177. The molecule has 90 valence electrons. The standard InChI is InChI=1S/C8H16O3.C3H6O/c1-8(10-2,3-4-9)5-7-6-11-7;1-3-2-4-3/h7,9H,3-6H2,1-2H3;3H,2H2,1H3. The SMILES string of the molecule is CC1CO1.COC(C)(CCO)CC1CO1. The second-order valence-corrected chi connectivity index (χ2v) is 4.43. The fourth-order valence-corrected chi connectivity index (χ4v) is 1.29. The molecule has 2 aliphatic rings. The lowest BCUT2D eigenvalue weighted by atomic mass is 9.96. The van der Waals surface area contributed by atoms with E-state index in [1.54, 1.807) is 7.11 Å². The Morgan fingerprint density at radius 3 is 2.20 bits per heavy atom. The van der Waals surface area contributed by atoms with Gasteiger partial charge in [-0.3, -0.25) is 0 Å². The van der Waals surface area contributed by atoms with E-state index in [2.05, 4.69) is 6.92 Å². The smallest absolute Gasteiger partial charge is 0.0837 e. The zero-order valence-corrected chi connectivity index (χ0v) is 9.86. The number of aliphatic hydroxyl groups excluding tert-OH is 1. The third-order valence-corrected chi connectivity index (χ3v) is 2.70. The fraction of sp³-hybridized carbons (Fsp3) is 1.00. The topological polar surface area (TPSA) is 54.5 Å². The van der Waals surface area contributed by atoms with Crippen molar-refractivity contribution >= 4 is 0 Å². The Labute approximate surface area is 91.5 Å². The molecule has 1 N–H and O–H groups in total. The summed E-state index contributed by atoms with van der Waals surface area (Å²) in [6.45, 7) is 6.08. The Morgan fingerprint density at radius 1 is 1.40 bits per heavy atom. The molecular formula is C11H22O4. The summed E-state index contributed by atoms with van der Waals surface area (Å²) in [5.74, 6) is 0. The lowest BCUT2D eigenvalue weighted by Crippen LogP contribution is -2.30. The predicted molar refractivity (Wildman–Crippen MR) is 56.9 cm³/mol.